The van der Waals surface area contributed by atoms with E-state index in [-0.39, 0.29) is 0 Å². The highest BCUT2D eigenvalue weighted by atomic mass is 15.2. The number of hydrogen-bond acceptors (Lipinski definition) is 3. The maximum Gasteiger partial charge on any atom is 0.0602 e. The quantitative estimate of drug-likeness (QED) is 0.907. The van der Waals surface area contributed by atoms with Crippen LogP contribution in [0.15, 0.2) is 42.5 Å². The molecule has 1 aliphatic heterocycles. The third kappa shape index (κ3) is 2.83. The molecule has 1 aromatic heterocycles. The van der Waals surface area contributed by atoms with Crippen molar-refractivity contribution in [2.75, 3.05) is 11.4 Å². The molecule has 1 atom stereocenters. The third-order valence-electron chi connectivity index (χ3n) is 3.77. The van der Waals surface area contributed by atoms with E-state index in [4.69, 9.17) is 0 Å². The second-order valence-electron chi connectivity index (χ2n) is 5.56. The Bertz CT molecular complexity index is 594. The predicted molar refractivity (Wildman–Crippen MR) is 82.8 cm³/mol. The van der Waals surface area contributed by atoms with Crippen LogP contribution in [0.4, 0.5) is 5.69 Å². The molecule has 2 aromatic rings. The molecule has 3 rings (SSSR count). The van der Waals surface area contributed by atoms with Gasteiger partial charge in [-0.1, -0.05) is 24.3 Å². The van der Waals surface area contributed by atoms with Gasteiger partial charge in [-0.2, -0.15) is 0 Å². The molecule has 0 saturated carbocycles. The number of pyridine rings is 1. The Morgan fingerprint density at radius 2 is 2.05 bits per heavy atom. The van der Waals surface area contributed by atoms with Crippen LogP contribution in [0.1, 0.15) is 23.9 Å². The van der Waals surface area contributed by atoms with E-state index < -0.39 is 0 Å². The van der Waals surface area contributed by atoms with Gasteiger partial charge in [-0.15, -0.1) is 0 Å². The second-order valence-corrected chi connectivity index (χ2v) is 5.56. The van der Waals surface area contributed by atoms with Gasteiger partial charge in [-0.25, -0.2) is 0 Å². The first kappa shape index (κ1) is 13.1. The third-order valence-corrected chi connectivity index (χ3v) is 3.77. The lowest BCUT2D eigenvalue weighted by Gasteiger charge is -2.26. The van der Waals surface area contributed by atoms with Crippen LogP contribution in [0.5, 0.6) is 0 Å². The average Bonchev–Trinajstić information content (AvgIpc) is 2.59. The molecule has 20 heavy (non-hydrogen) atoms. The Hall–Kier alpha value is -1.87. The smallest absolute Gasteiger partial charge is 0.0602 e. The van der Waals surface area contributed by atoms with Gasteiger partial charge < -0.3 is 10.2 Å². The fourth-order valence-corrected chi connectivity index (χ4v) is 2.78. The summed E-state index contributed by atoms with van der Waals surface area (Å²) in [5, 5.41) is 3.57. The molecule has 3 heteroatoms. The Morgan fingerprint density at radius 3 is 2.90 bits per heavy atom. The van der Waals surface area contributed by atoms with Gasteiger partial charge in [0, 0.05) is 30.5 Å². The molecule has 0 radical (unpaired) electrons. The maximum atomic E-state index is 4.63. The summed E-state index contributed by atoms with van der Waals surface area (Å²) >= 11 is 0. The Labute approximate surface area is 120 Å². The topological polar surface area (TPSA) is 28.2 Å². The minimum Gasteiger partial charge on any atom is -0.364 e. The van der Waals surface area contributed by atoms with Crippen molar-refractivity contribution < 1.29 is 0 Å². The van der Waals surface area contributed by atoms with E-state index in [0.29, 0.717) is 6.04 Å². The number of hydrogen-bond donors (Lipinski definition) is 1. The van der Waals surface area contributed by atoms with Gasteiger partial charge in [0.1, 0.15) is 0 Å². The minimum atomic E-state index is 0.479. The summed E-state index contributed by atoms with van der Waals surface area (Å²) in [6, 6.07) is 15.4. The van der Waals surface area contributed by atoms with Crippen LogP contribution in [-0.4, -0.2) is 17.6 Å². The number of benzene rings is 1. The van der Waals surface area contributed by atoms with Crippen molar-refractivity contribution in [1.29, 1.82) is 0 Å². The van der Waals surface area contributed by atoms with Crippen molar-refractivity contribution >= 4 is 5.69 Å². The molecular weight excluding hydrogens is 246 g/mol. The summed E-state index contributed by atoms with van der Waals surface area (Å²) in [7, 11) is 0. The van der Waals surface area contributed by atoms with Crippen LogP contribution in [0, 0.1) is 6.92 Å². The Morgan fingerprint density at radius 1 is 1.20 bits per heavy atom. The highest BCUT2D eigenvalue weighted by Crippen LogP contribution is 2.24. The van der Waals surface area contributed by atoms with E-state index in [0.717, 1.165) is 31.0 Å². The van der Waals surface area contributed by atoms with Crippen LogP contribution in [-0.2, 0) is 13.1 Å². The molecule has 2 heterocycles. The van der Waals surface area contributed by atoms with Crippen LogP contribution in [0.25, 0.3) is 0 Å². The van der Waals surface area contributed by atoms with E-state index in [1.54, 1.807) is 0 Å². The predicted octanol–water partition coefficient (Wildman–Crippen LogP) is 2.89. The first-order valence-corrected chi connectivity index (χ1v) is 7.21. The largest absolute Gasteiger partial charge is 0.364 e. The number of aromatic nitrogens is 1. The molecule has 1 N–H and O–H groups in total. The van der Waals surface area contributed by atoms with Crippen LogP contribution in [0.2, 0.25) is 0 Å². The van der Waals surface area contributed by atoms with Crippen LogP contribution >= 0.6 is 0 Å². The molecule has 1 aliphatic rings. The zero-order valence-corrected chi connectivity index (χ0v) is 12.1. The summed E-state index contributed by atoms with van der Waals surface area (Å²) in [6.07, 6.45) is 0. The van der Waals surface area contributed by atoms with Crippen molar-refractivity contribution in [2.45, 2.75) is 33.0 Å². The SMILES string of the molecule is Cc1cccc(CN2CC(C)NCc3ccccc32)n1. The van der Waals surface area contributed by atoms with Crippen molar-refractivity contribution in [3.8, 4) is 0 Å². The molecular formula is C17H21N3. The van der Waals surface area contributed by atoms with Gasteiger partial charge in [-0.05, 0) is 37.6 Å². The van der Waals surface area contributed by atoms with E-state index in [2.05, 4.69) is 58.5 Å². The van der Waals surface area contributed by atoms with Gasteiger partial charge in [0.15, 0.2) is 0 Å². The number of nitrogens with zero attached hydrogens (tertiary/aromatic N) is 2. The molecule has 0 bridgehead atoms. The van der Waals surface area contributed by atoms with Gasteiger partial charge in [0.25, 0.3) is 0 Å². The van der Waals surface area contributed by atoms with E-state index >= 15 is 0 Å². The molecule has 104 valence electrons. The molecule has 0 spiro atoms. The van der Waals surface area contributed by atoms with Gasteiger partial charge in [0.2, 0.25) is 0 Å². The number of nitrogens with one attached hydrogen (secondary N) is 1. The molecule has 0 saturated heterocycles. The highest BCUT2D eigenvalue weighted by Gasteiger charge is 2.18. The number of fused-ring (bicyclic) bond motifs is 1. The van der Waals surface area contributed by atoms with Crippen LogP contribution < -0.4 is 10.2 Å². The zero-order valence-electron chi connectivity index (χ0n) is 12.1. The van der Waals surface area contributed by atoms with Crippen LogP contribution in [0.3, 0.4) is 0 Å². The number of rotatable bonds is 2. The summed E-state index contributed by atoms with van der Waals surface area (Å²) in [6.45, 7) is 7.10. The fourth-order valence-electron chi connectivity index (χ4n) is 2.78. The fraction of sp³-hybridized carbons (Fsp3) is 0.353. The summed E-state index contributed by atoms with van der Waals surface area (Å²) in [5.74, 6) is 0. The lowest BCUT2D eigenvalue weighted by atomic mass is 10.1. The Kier molecular flexibility index (Phi) is 3.70. The summed E-state index contributed by atoms with van der Waals surface area (Å²) in [4.78, 5) is 7.07. The first-order valence-electron chi connectivity index (χ1n) is 7.21. The van der Waals surface area contributed by atoms with Gasteiger partial charge in [0.05, 0.1) is 12.2 Å². The van der Waals surface area contributed by atoms with Crippen molar-refractivity contribution in [2.24, 2.45) is 0 Å². The van der Waals surface area contributed by atoms with E-state index in [9.17, 15) is 0 Å². The molecule has 0 fully saturated rings. The molecule has 0 amide bonds. The number of anilines is 1. The molecule has 1 aromatic carbocycles. The highest BCUT2D eigenvalue weighted by molar-refractivity contribution is 5.54. The lowest BCUT2D eigenvalue weighted by molar-refractivity contribution is 0.551. The zero-order chi connectivity index (χ0) is 13.9. The normalized spacial score (nSPS) is 18.5. The van der Waals surface area contributed by atoms with Gasteiger partial charge >= 0.3 is 0 Å². The maximum absolute atomic E-state index is 4.63. The second kappa shape index (κ2) is 5.63. The number of aryl methyl sites for hydroxylation is 1. The lowest BCUT2D eigenvalue weighted by Crippen LogP contribution is -2.35. The summed E-state index contributed by atoms with van der Waals surface area (Å²) < 4.78 is 0. The first-order chi connectivity index (χ1) is 9.72. The average molecular weight is 267 g/mol. The number of para-hydroxylation sites is 1. The van der Waals surface area contributed by atoms with Crippen molar-refractivity contribution in [3.63, 3.8) is 0 Å². The minimum absolute atomic E-state index is 0.479. The molecule has 1 unspecified atom stereocenters. The molecule has 0 aliphatic carbocycles. The van der Waals surface area contributed by atoms with Gasteiger partial charge in [-0.3, -0.25) is 4.98 Å². The van der Waals surface area contributed by atoms with E-state index in [1.807, 2.05) is 13.0 Å². The van der Waals surface area contributed by atoms with Crippen molar-refractivity contribution in [3.05, 3.63) is 59.4 Å². The standard InChI is InChI=1S/C17H21N3/c1-13-6-5-8-16(19-13)12-20-11-14(2)18-10-15-7-3-4-9-17(15)20/h3-9,14,18H,10-12H2,1-2H3. The van der Waals surface area contributed by atoms with Crippen molar-refractivity contribution in [1.82, 2.24) is 10.3 Å². The summed E-state index contributed by atoms with van der Waals surface area (Å²) in [5.41, 5.74) is 4.91. The van der Waals surface area contributed by atoms with E-state index in [1.165, 1.54) is 11.3 Å². The molecule has 3 nitrogen and oxygen atoms in total. The monoisotopic (exact) mass is 267 g/mol. The Balaban J connectivity index is 1.90.